The lowest BCUT2D eigenvalue weighted by molar-refractivity contribution is 0.269. The molecule has 0 amide bonds. The molecule has 0 spiro atoms. The fourth-order valence-corrected chi connectivity index (χ4v) is 1.89. The maximum absolute atomic E-state index is 13.6. The normalized spacial score (nSPS) is 14.5. The van der Waals surface area contributed by atoms with Gasteiger partial charge in [-0.05, 0) is 37.5 Å². The van der Waals surface area contributed by atoms with Crippen LogP contribution < -0.4 is 10.1 Å². The minimum Gasteiger partial charge on any atom is -0.487 e. The molecule has 6 heteroatoms. The average molecular weight is 277 g/mol. The van der Waals surface area contributed by atoms with Crippen molar-refractivity contribution in [2.24, 2.45) is 0 Å². The second-order valence-electron chi connectivity index (χ2n) is 5.04. The van der Waals surface area contributed by atoms with E-state index < -0.39 is 0 Å². The molecule has 1 fully saturated rings. The van der Waals surface area contributed by atoms with Crippen molar-refractivity contribution < 1.29 is 13.8 Å². The molecule has 0 saturated heterocycles. The van der Waals surface area contributed by atoms with Crippen molar-refractivity contribution in [1.82, 2.24) is 15.6 Å². The molecule has 20 heavy (non-hydrogen) atoms. The van der Waals surface area contributed by atoms with Gasteiger partial charge in [0.2, 0.25) is 0 Å². The van der Waals surface area contributed by atoms with E-state index in [2.05, 4.69) is 20.3 Å². The van der Waals surface area contributed by atoms with E-state index in [-0.39, 0.29) is 12.4 Å². The Labute approximate surface area is 116 Å². The first-order valence-electron chi connectivity index (χ1n) is 6.64. The highest BCUT2D eigenvalue weighted by Gasteiger charge is 2.20. The predicted molar refractivity (Wildman–Crippen MR) is 69.6 cm³/mol. The zero-order chi connectivity index (χ0) is 13.9. The highest BCUT2D eigenvalue weighted by molar-refractivity contribution is 5.30. The topological polar surface area (TPSA) is 60.2 Å². The number of aromatic nitrogens is 2. The molecule has 5 nitrogen and oxygen atoms in total. The first-order chi connectivity index (χ1) is 9.70. The lowest BCUT2D eigenvalue weighted by Gasteiger charge is -2.08. The Kier molecular flexibility index (Phi) is 3.64. The Morgan fingerprint density at radius 1 is 1.35 bits per heavy atom. The second-order valence-corrected chi connectivity index (χ2v) is 5.04. The van der Waals surface area contributed by atoms with E-state index in [4.69, 9.17) is 4.74 Å². The molecule has 0 bridgehead atoms. The second kappa shape index (κ2) is 5.58. The van der Waals surface area contributed by atoms with Crippen LogP contribution in [0.5, 0.6) is 5.75 Å². The summed E-state index contributed by atoms with van der Waals surface area (Å²) >= 11 is 0. The van der Waals surface area contributed by atoms with E-state index >= 15 is 0 Å². The largest absolute Gasteiger partial charge is 0.487 e. The van der Waals surface area contributed by atoms with Crippen molar-refractivity contribution >= 4 is 0 Å². The fourth-order valence-electron chi connectivity index (χ4n) is 1.89. The molecular formula is C14H16FN3O2. The van der Waals surface area contributed by atoms with Crippen molar-refractivity contribution in [2.75, 3.05) is 0 Å². The molecular weight excluding hydrogens is 261 g/mol. The van der Waals surface area contributed by atoms with Gasteiger partial charge in [0.1, 0.15) is 29.6 Å². The van der Waals surface area contributed by atoms with Gasteiger partial charge < -0.3 is 10.1 Å². The summed E-state index contributed by atoms with van der Waals surface area (Å²) in [6.45, 7) is 2.66. The van der Waals surface area contributed by atoms with E-state index in [1.54, 1.807) is 6.92 Å². The Morgan fingerprint density at radius 3 is 2.90 bits per heavy atom. The lowest BCUT2D eigenvalue weighted by Crippen LogP contribution is -2.15. The molecule has 0 unspecified atom stereocenters. The first kappa shape index (κ1) is 13.1. The minimum atomic E-state index is -0.301. The molecule has 0 aliphatic heterocycles. The maximum atomic E-state index is 13.6. The summed E-state index contributed by atoms with van der Waals surface area (Å²) in [7, 11) is 0. The molecule has 1 saturated carbocycles. The van der Waals surface area contributed by atoms with Gasteiger partial charge in [-0.25, -0.2) is 9.02 Å². The molecule has 2 aromatic rings. The van der Waals surface area contributed by atoms with Gasteiger partial charge in [-0.1, -0.05) is 10.3 Å². The van der Waals surface area contributed by atoms with Gasteiger partial charge in [-0.3, -0.25) is 0 Å². The summed E-state index contributed by atoms with van der Waals surface area (Å²) < 4.78 is 23.7. The third kappa shape index (κ3) is 3.33. The summed E-state index contributed by atoms with van der Waals surface area (Å²) in [5.74, 6) is 0.185. The van der Waals surface area contributed by atoms with Crippen LogP contribution >= 0.6 is 0 Å². The number of aryl methyl sites for hydroxylation is 1. The minimum absolute atomic E-state index is 0.217. The van der Waals surface area contributed by atoms with Crippen LogP contribution in [0.1, 0.15) is 29.8 Å². The zero-order valence-corrected chi connectivity index (χ0v) is 11.2. The molecule has 1 N–H and O–H groups in total. The summed E-state index contributed by atoms with van der Waals surface area (Å²) in [5, 5.41) is 10.7. The van der Waals surface area contributed by atoms with E-state index in [1.165, 1.54) is 25.0 Å². The van der Waals surface area contributed by atoms with Gasteiger partial charge in [0, 0.05) is 18.7 Å². The number of nitrogens with one attached hydrogen (secondary N) is 1. The van der Waals surface area contributed by atoms with Gasteiger partial charge in [0.25, 0.3) is 0 Å². The van der Waals surface area contributed by atoms with Crippen LogP contribution in [0, 0.1) is 12.7 Å². The average Bonchev–Trinajstić information content (AvgIpc) is 3.16. The predicted octanol–water partition coefficient (Wildman–Crippen LogP) is 2.35. The van der Waals surface area contributed by atoms with Gasteiger partial charge in [-0.2, -0.15) is 0 Å². The highest BCUT2D eigenvalue weighted by atomic mass is 19.1. The molecule has 1 aromatic carbocycles. The van der Waals surface area contributed by atoms with Gasteiger partial charge in [-0.15, -0.1) is 0 Å². The molecule has 0 radical (unpaired) electrons. The van der Waals surface area contributed by atoms with Gasteiger partial charge in [0.05, 0.1) is 0 Å². The smallest absolute Gasteiger partial charge is 0.145 e. The van der Waals surface area contributed by atoms with Crippen molar-refractivity contribution in [3.05, 3.63) is 41.0 Å². The Balaban J connectivity index is 1.64. The van der Waals surface area contributed by atoms with E-state index in [9.17, 15) is 4.39 Å². The standard InChI is InChI=1S/C14H16FN3O2/c1-9-14(18-20-17-9)8-19-13-5-10(4-11(15)6-13)7-16-12-2-3-12/h4-6,12,16H,2-3,7-8H2,1H3. The third-order valence-electron chi connectivity index (χ3n) is 3.23. The summed E-state index contributed by atoms with van der Waals surface area (Å²) in [6, 6.07) is 5.31. The van der Waals surface area contributed by atoms with E-state index in [0.29, 0.717) is 29.7 Å². The van der Waals surface area contributed by atoms with Crippen molar-refractivity contribution in [2.45, 2.75) is 39.0 Å². The molecule has 1 aliphatic carbocycles. The number of hydrogen-bond donors (Lipinski definition) is 1. The van der Waals surface area contributed by atoms with Crippen LogP contribution in [-0.2, 0) is 13.2 Å². The number of rotatable bonds is 6. The summed E-state index contributed by atoms with van der Waals surface area (Å²) in [5.41, 5.74) is 2.17. The zero-order valence-electron chi connectivity index (χ0n) is 11.2. The van der Waals surface area contributed by atoms with Crippen LogP contribution in [-0.4, -0.2) is 16.4 Å². The quantitative estimate of drug-likeness (QED) is 0.878. The lowest BCUT2D eigenvalue weighted by atomic mass is 10.2. The number of nitrogens with zero attached hydrogens (tertiary/aromatic N) is 2. The Morgan fingerprint density at radius 2 is 2.20 bits per heavy atom. The molecule has 1 heterocycles. The number of hydrogen-bond acceptors (Lipinski definition) is 5. The van der Waals surface area contributed by atoms with Crippen LogP contribution in [0.4, 0.5) is 4.39 Å². The van der Waals surface area contributed by atoms with Crippen LogP contribution in [0.3, 0.4) is 0 Å². The van der Waals surface area contributed by atoms with Gasteiger partial charge >= 0.3 is 0 Å². The SMILES string of the molecule is Cc1nonc1COc1cc(F)cc(CNC2CC2)c1. The Hall–Kier alpha value is -1.95. The van der Waals surface area contributed by atoms with E-state index in [1.807, 2.05) is 6.07 Å². The van der Waals surface area contributed by atoms with Crippen molar-refractivity contribution in [3.63, 3.8) is 0 Å². The number of ether oxygens (including phenoxy) is 1. The monoisotopic (exact) mass is 277 g/mol. The van der Waals surface area contributed by atoms with Crippen molar-refractivity contribution in [3.8, 4) is 5.75 Å². The molecule has 106 valence electrons. The van der Waals surface area contributed by atoms with E-state index in [0.717, 1.165) is 5.56 Å². The summed E-state index contributed by atoms with van der Waals surface area (Å²) in [4.78, 5) is 0. The highest BCUT2D eigenvalue weighted by Crippen LogP contribution is 2.21. The van der Waals surface area contributed by atoms with Crippen LogP contribution in [0.15, 0.2) is 22.8 Å². The summed E-state index contributed by atoms with van der Waals surface area (Å²) in [6.07, 6.45) is 2.41. The number of benzene rings is 1. The number of halogens is 1. The molecule has 1 aromatic heterocycles. The molecule has 3 rings (SSSR count). The van der Waals surface area contributed by atoms with Gasteiger partial charge in [0.15, 0.2) is 0 Å². The molecule has 0 atom stereocenters. The van der Waals surface area contributed by atoms with Crippen molar-refractivity contribution in [1.29, 1.82) is 0 Å². The Bertz CT molecular complexity index is 596. The van der Waals surface area contributed by atoms with Crippen LogP contribution in [0.25, 0.3) is 0 Å². The first-order valence-corrected chi connectivity index (χ1v) is 6.64. The molecule has 1 aliphatic rings. The maximum Gasteiger partial charge on any atom is 0.145 e. The van der Waals surface area contributed by atoms with Crippen LogP contribution in [0.2, 0.25) is 0 Å². The fraction of sp³-hybridized carbons (Fsp3) is 0.429. The third-order valence-corrected chi connectivity index (χ3v) is 3.23.